The summed E-state index contributed by atoms with van der Waals surface area (Å²) in [5.41, 5.74) is 0.889. The second-order valence-corrected chi connectivity index (χ2v) is 4.54. The Bertz CT molecular complexity index is 376. The van der Waals surface area contributed by atoms with Crippen LogP contribution in [0.4, 0.5) is 0 Å². The van der Waals surface area contributed by atoms with Crippen LogP contribution in [0, 0.1) is 12.8 Å². The van der Waals surface area contributed by atoms with Gasteiger partial charge in [-0.3, -0.25) is 4.99 Å². The number of aliphatic imine (C=N–C) groups is 1. The van der Waals surface area contributed by atoms with Gasteiger partial charge in [-0.15, -0.1) is 24.0 Å². The standard InChI is InChI=1S/C12H22N4O.HI/c1-8(2)10(4)15-12(13-5)14-7-11-6-9(3)16-17-11;/h6,8,10H,7H2,1-5H3,(H2,13,14,15);1H. The predicted octanol–water partition coefficient (Wildman–Crippen LogP) is 2.31. The number of aromatic nitrogens is 1. The molecule has 0 saturated heterocycles. The van der Waals surface area contributed by atoms with Gasteiger partial charge in [-0.2, -0.15) is 0 Å². The zero-order chi connectivity index (χ0) is 12.8. The molecule has 0 aliphatic heterocycles. The van der Waals surface area contributed by atoms with Crippen molar-refractivity contribution < 1.29 is 4.52 Å². The number of hydrogen-bond acceptors (Lipinski definition) is 3. The van der Waals surface area contributed by atoms with E-state index in [2.05, 4.69) is 41.6 Å². The summed E-state index contributed by atoms with van der Waals surface area (Å²) in [5.74, 6) is 2.14. The summed E-state index contributed by atoms with van der Waals surface area (Å²) < 4.78 is 5.12. The molecule has 2 N–H and O–H groups in total. The summed E-state index contributed by atoms with van der Waals surface area (Å²) in [4.78, 5) is 4.16. The van der Waals surface area contributed by atoms with Crippen molar-refractivity contribution in [2.75, 3.05) is 7.05 Å². The maximum atomic E-state index is 5.12. The summed E-state index contributed by atoms with van der Waals surface area (Å²) in [6.07, 6.45) is 0. The molecule has 0 saturated carbocycles. The lowest BCUT2D eigenvalue weighted by molar-refractivity contribution is 0.375. The van der Waals surface area contributed by atoms with Crippen LogP contribution in [0.2, 0.25) is 0 Å². The molecule has 18 heavy (non-hydrogen) atoms. The quantitative estimate of drug-likeness (QED) is 0.488. The van der Waals surface area contributed by atoms with Crippen molar-refractivity contribution in [3.05, 3.63) is 17.5 Å². The third-order valence-corrected chi connectivity index (χ3v) is 2.69. The Labute approximate surface area is 126 Å². The summed E-state index contributed by atoms with van der Waals surface area (Å²) >= 11 is 0. The minimum Gasteiger partial charge on any atom is -0.359 e. The SMILES string of the molecule is CN=C(NCc1cc(C)no1)NC(C)C(C)C.I. The van der Waals surface area contributed by atoms with Gasteiger partial charge in [0.25, 0.3) is 0 Å². The molecule has 0 bridgehead atoms. The zero-order valence-electron chi connectivity index (χ0n) is 11.7. The first kappa shape index (κ1) is 17.2. The van der Waals surface area contributed by atoms with E-state index in [1.807, 2.05) is 13.0 Å². The van der Waals surface area contributed by atoms with Crippen LogP contribution in [0.5, 0.6) is 0 Å². The number of aryl methyl sites for hydroxylation is 1. The van der Waals surface area contributed by atoms with Gasteiger partial charge < -0.3 is 15.2 Å². The second-order valence-electron chi connectivity index (χ2n) is 4.54. The van der Waals surface area contributed by atoms with Crippen LogP contribution in [0.1, 0.15) is 32.2 Å². The topological polar surface area (TPSA) is 62.5 Å². The molecule has 1 aromatic heterocycles. The van der Waals surface area contributed by atoms with Gasteiger partial charge in [-0.05, 0) is 19.8 Å². The summed E-state index contributed by atoms with van der Waals surface area (Å²) in [6, 6.07) is 2.28. The van der Waals surface area contributed by atoms with Crippen molar-refractivity contribution in [1.82, 2.24) is 15.8 Å². The second kappa shape index (κ2) is 8.34. The highest BCUT2D eigenvalue weighted by Gasteiger charge is 2.09. The Hall–Kier alpha value is -0.790. The fourth-order valence-electron chi connectivity index (χ4n) is 1.25. The van der Waals surface area contributed by atoms with Crippen molar-refractivity contribution >= 4 is 29.9 Å². The molecule has 1 aromatic rings. The van der Waals surface area contributed by atoms with Crippen LogP contribution in [0.3, 0.4) is 0 Å². The van der Waals surface area contributed by atoms with Gasteiger partial charge in [0.15, 0.2) is 11.7 Å². The minimum atomic E-state index is 0. The largest absolute Gasteiger partial charge is 0.359 e. The van der Waals surface area contributed by atoms with Crippen LogP contribution >= 0.6 is 24.0 Å². The van der Waals surface area contributed by atoms with Crippen LogP contribution < -0.4 is 10.6 Å². The highest BCUT2D eigenvalue weighted by Crippen LogP contribution is 2.02. The Morgan fingerprint density at radius 3 is 2.56 bits per heavy atom. The molecule has 6 heteroatoms. The van der Waals surface area contributed by atoms with Crippen LogP contribution in [0.15, 0.2) is 15.6 Å². The van der Waals surface area contributed by atoms with Crippen LogP contribution in [-0.2, 0) is 6.54 Å². The Morgan fingerprint density at radius 2 is 2.11 bits per heavy atom. The summed E-state index contributed by atoms with van der Waals surface area (Å²) in [6.45, 7) is 8.97. The summed E-state index contributed by atoms with van der Waals surface area (Å²) in [5, 5.41) is 10.3. The Kier molecular flexibility index (Phi) is 7.97. The molecule has 0 fully saturated rings. The first-order valence-electron chi connectivity index (χ1n) is 5.92. The Morgan fingerprint density at radius 1 is 1.44 bits per heavy atom. The molecule has 0 spiro atoms. The molecule has 1 rings (SSSR count). The van der Waals surface area contributed by atoms with E-state index in [1.165, 1.54) is 0 Å². The third-order valence-electron chi connectivity index (χ3n) is 2.69. The molecule has 0 amide bonds. The lowest BCUT2D eigenvalue weighted by Crippen LogP contribution is -2.43. The fourth-order valence-corrected chi connectivity index (χ4v) is 1.25. The number of rotatable bonds is 4. The van der Waals surface area contributed by atoms with Crippen molar-refractivity contribution in [2.45, 2.75) is 40.3 Å². The van der Waals surface area contributed by atoms with E-state index < -0.39 is 0 Å². The summed E-state index contributed by atoms with van der Waals surface area (Å²) in [7, 11) is 1.76. The fraction of sp³-hybridized carbons (Fsp3) is 0.667. The van der Waals surface area contributed by atoms with E-state index in [9.17, 15) is 0 Å². The monoisotopic (exact) mass is 366 g/mol. The van der Waals surface area contributed by atoms with Gasteiger partial charge in [-0.25, -0.2) is 0 Å². The van der Waals surface area contributed by atoms with Gasteiger partial charge in [0.05, 0.1) is 12.2 Å². The lowest BCUT2D eigenvalue weighted by Gasteiger charge is -2.20. The molecule has 0 aromatic carbocycles. The van der Waals surface area contributed by atoms with Crippen LogP contribution in [0.25, 0.3) is 0 Å². The minimum absolute atomic E-state index is 0. The van der Waals surface area contributed by atoms with Crippen molar-refractivity contribution in [2.24, 2.45) is 10.9 Å². The maximum absolute atomic E-state index is 5.12. The highest BCUT2D eigenvalue weighted by molar-refractivity contribution is 14.0. The first-order chi connectivity index (χ1) is 8.02. The predicted molar refractivity (Wildman–Crippen MR) is 84.3 cm³/mol. The molecule has 1 unspecified atom stereocenters. The van der Waals surface area contributed by atoms with E-state index in [1.54, 1.807) is 7.05 Å². The molecule has 0 radical (unpaired) electrons. The molecule has 104 valence electrons. The number of hydrogen-bond donors (Lipinski definition) is 2. The number of nitrogens with zero attached hydrogens (tertiary/aromatic N) is 2. The normalized spacial score (nSPS) is 13.1. The average molecular weight is 366 g/mol. The molecule has 1 atom stereocenters. The van der Waals surface area contributed by atoms with E-state index in [0.717, 1.165) is 17.4 Å². The molecule has 1 heterocycles. The van der Waals surface area contributed by atoms with E-state index in [0.29, 0.717) is 18.5 Å². The van der Waals surface area contributed by atoms with Gasteiger partial charge in [0, 0.05) is 19.2 Å². The molecule has 0 aliphatic carbocycles. The molecule has 0 aliphatic rings. The van der Waals surface area contributed by atoms with E-state index >= 15 is 0 Å². The van der Waals surface area contributed by atoms with Gasteiger partial charge in [0.1, 0.15) is 0 Å². The smallest absolute Gasteiger partial charge is 0.191 e. The van der Waals surface area contributed by atoms with E-state index in [4.69, 9.17) is 4.52 Å². The van der Waals surface area contributed by atoms with Crippen LogP contribution in [-0.4, -0.2) is 24.2 Å². The first-order valence-corrected chi connectivity index (χ1v) is 5.92. The molecular formula is C12H23IN4O. The third kappa shape index (κ3) is 5.70. The zero-order valence-corrected chi connectivity index (χ0v) is 14.0. The van der Waals surface area contributed by atoms with Gasteiger partial charge in [0.2, 0.25) is 0 Å². The molecular weight excluding hydrogens is 343 g/mol. The number of halogens is 1. The van der Waals surface area contributed by atoms with Crippen molar-refractivity contribution in [3.63, 3.8) is 0 Å². The van der Waals surface area contributed by atoms with Crippen molar-refractivity contribution in [1.29, 1.82) is 0 Å². The maximum Gasteiger partial charge on any atom is 0.191 e. The Balaban J connectivity index is 0.00000289. The number of nitrogens with one attached hydrogen (secondary N) is 2. The highest BCUT2D eigenvalue weighted by atomic mass is 127. The van der Waals surface area contributed by atoms with Gasteiger partial charge in [-0.1, -0.05) is 19.0 Å². The number of guanidine groups is 1. The average Bonchev–Trinajstić information content (AvgIpc) is 2.69. The molecule has 5 nitrogen and oxygen atoms in total. The van der Waals surface area contributed by atoms with Gasteiger partial charge >= 0.3 is 0 Å². The lowest BCUT2D eigenvalue weighted by atomic mass is 10.1. The van der Waals surface area contributed by atoms with Crippen molar-refractivity contribution in [3.8, 4) is 0 Å². The van der Waals surface area contributed by atoms with E-state index in [-0.39, 0.29) is 24.0 Å².